The summed E-state index contributed by atoms with van der Waals surface area (Å²) in [6.45, 7) is 8.07. The van der Waals surface area contributed by atoms with Gasteiger partial charge >= 0.3 is 0 Å². The fraction of sp³-hybridized carbons (Fsp3) is 0.600. The van der Waals surface area contributed by atoms with Gasteiger partial charge in [-0.25, -0.2) is 4.98 Å². The first-order chi connectivity index (χ1) is 9.45. The van der Waals surface area contributed by atoms with E-state index in [4.69, 9.17) is 0 Å². The lowest BCUT2D eigenvalue weighted by Crippen LogP contribution is -2.46. The van der Waals surface area contributed by atoms with E-state index >= 15 is 0 Å². The summed E-state index contributed by atoms with van der Waals surface area (Å²) in [6.07, 6.45) is 0.831. The number of hydrogen-bond donors (Lipinski definition) is 1. The lowest BCUT2D eigenvalue weighted by molar-refractivity contribution is 0.0748. The van der Waals surface area contributed by atoms with Crippen LogP contribution in [0, 0.1) is 0 Å². The Hall–Kier alpha value is -1.23. The highest BCUT2D eigenvalue weighted by atomic mass is 32.2. The van der Waals surface area contributed by atoms with Crippen LogP contribution in [-0.4, -0.2) is 46.4 Å². The molecule has 1 amide bonds. The van der Waals surface area contributed by atoms with Crippen molar-refractivity contribution >= 4 is 23.5 Å². The van der Waals surface area contributed by atoms with Crippen molar-refractivity contribution in [2.75, 3.05) is 31.2 Å². The summed E-state index contributed by atoms with van der Waals surface area (Å²) in [4.78, 5) is 19.1. The Morgan fingerprint density at radius 2 is 2.25 bits per heavy atom. The molecule has 1 aliphatic heterocycles. The second-order valence-electron chi connectivity index (χ2n) is 5.67. The molecule has 0 aromatic carbocycles. The molecular weight excluding hydrogens is 270 g/mol. The van der Waals surface area contributed by atoms with Crippen molar-refractivity contribution in [1.29, 1.82) is 0 Å². The monoisotopic (exact) mass is 293 g/mol. The average Bonchev–Trinajstić information content (AvgIpc) is 2.44. The van der Waals surface area contributed by atoms with E-state index in [0.717, 1.165) is 42.3 Å². The Labute approximate surface area is 125 Å². The molecule has 5 heteroatoms. The topological polar surface area (TPSA) is 45.2 Å². The molecule has 0 radical (unpaired) electrons. The van der Waals surface area contributed by atoms with E-state index in [1.165, 1.54) is 0 Å². The summed E-state index contributed by atoms with van der Waals surface area (Å²) in [5.74, 6) is 1.88. The zero-order chi connectivity index (χ0) is 14.8. The highest BCUT2D eigenvalue weighted by Crippen LogP contribution is 2.30. The van der Waals surface area contributed by atoms with Gasteiger partial charge in [-0.05, 0) is 32.4 Å². The molecule has 2 heterocycles. The molecule has 0 atom stereocenters. The Morgan fingerprint density at radius 3 is 2.85 bits per heavy atom. The van der Waals surface area contributed by atoms with E-state index in [1.807, 2.05) is 35.8 Å². The van der Waals surface area contributed by atoms with Gasteiger partial charge in [-0.3, -0.25) is 4.79 Å². The number of amides is 1. The van der Waals surface area contributed by atoms with Crippen LogP contribution in [-0.2, 0) is 6.42 Å². The Kier molecular flexibility index (Phi) is 4.58. The summed E-state index contributed by atoms with van der Waals surface area (Å²) in [5.41, 5.74) is 1.69. The van der Waals surface area contributed by atoms with Gasteiger partial charge in [0.2, 0.25) is 0 Å². The Morgan fingerprint density at radius 1 is 1.50 bits per heavy atom. The van der Waals surface area contributed by atoms with Gasteiger partial charge in [0, 0.05) is 41.9 Å². The predicted molar refractivity (Wildman–Crippen MR) is 85.6 cm³/mol. The quantitative estimate of drug-likeness (QED) is 0.930. The number of nitrogens with zero attached hydrogens (tertiary/aromatic N) is 2. The largest absolute Gasteiger partial charge is 0.373 e. The van der Waals surface area contributed by atoms with Crippen LogP contribution in [0.4, 0.5) is 5.82 Å². The van der Waals surface area contributed by atoms with Crippen LogP contribution >= 0.6 is 11.8 Å². The molecule has 1 aromatic rings. The van der Waals surface area contributed by atoms with E-state index in [1.54, 1.807) is 0 Å². The van der Waals surface area contributed by atoms with Gasteiger partial charge in [0.05, 0.1) is 0 Å². The highest BCUT2D eigenvalue weighted by Gasteiger charge is 2.30. The number of nitrogens with one attached hydrogen (secondary N) is 1. The average molecular weight is 293 g/mol. The maximum atomic E-state index is 12.7. The summed E-state index contributed by atoms with van der Waals surface area (Å²) in [7, 11) is 1.83. The zero-order valence-corrected chi connectivity index (χ0v) is 13.5. The van der Waals surface area contributed by atoms with Crippen LogP contribution in [0.15, 0.2) is 12.1 Å². The third kappa shape index (κ3) is 3.45. The molecule has 2 rings (SSSR count). The minimum Gasteiger partial charge on any atom is -0.373 e. The number of anilines is 1. The van der Waals surface area contributed by atoms with Crippen LogP contribution in [0.3, 0.4) is 0 Å². The minimum absolute atomic E-state index is 0.118. The molecule has 1 N–H and O–H groups in total. The fourth-order valence-corrected chi connectivity index (χ4v) is 3.50. The standard InChI is InChI=1S/C15H23N3OS/c1-5-12-8-11(9-13(16-4)17-12)14(19)18-6-7-20-15(2,3)10-18/h8-9H,5-7,10H2,1-4H3,(H,16,17). The molecule has 1 fully saturated rings. The first-order valence-corrected chi connectivity index (χ1v) is 8.05. The second-order valence-corrected chi connectivity index (χ2v) is 7.47. The number of carbonyl (C=O) groups excluding carboxylic acids is 1. The Bertz CT molecular complexity index is 480. The number of hydrogen-bond acceptors (Lipinski definition) is 4. The molecular formula is C15H23N3OS. The molecule has 4 nitrogen and oxygen atoms in total. The van der Waals surface area contributed by atoms with Crippen molar-refractivity contribution in [2.45, 2.75) is 31.9 Å². The molecule has 1 aliphatic rings. The minimum atomic E-state index is 0.118. The van der Waals surface area contributed by atoms with Gasteiger partial charge in [-0.15, -0.1) is 0 Å². The third-order valence-electron chi connectivity index (χ3n) is 3.46. The van der Waals surface area contributed by atoms with Gasteiger partial charge in [0.1, 0.15) is 5.82 Å². The highest BCUT2D eigenvalue weighted by molar-refractivity contribution is 8.00. The van der Waals surface area contributed by atoms with Gasteiger partial charge in [0.25, 0.3) is 5.91 Å². The molecule has 0 spiro atoms. The lowest BCUT2D eigenvalue weighted by atomic mass is 10.1. The molecule has 0 saturated carbocycles. The van der Waals surface area contributed by atoms with Gasteiger partial charge in [-0.1, -0.05) is 6.92 Å². The summed E-state index contributed by atoms with van der Waals surface area (Å²) in [6, 6.07) is 3.76. The van der Waals surface area contributed by atoms with E-state index in [9.17, 15) is 4.79 Å². The van der Waals surface area contributed by atoms with Crippen molar-refractivity contribution in [1.82, 2.24) is 9.88 Å². The maximum absolute atomic E-state index is 12.7. The van der Waals surface area contributed by atoms with E-state index < -0.39 is 0 Å². The van der Waals surface area contributed by atoms with Crippen molar-refractivity contribution < 1.29 is 4.79 Å². The predicted octanol–water partition coefficient (Wildman–Crippen LogP) is 2.65. The summed E-state index contributed by atoms with van der Waals surface area (Å²) in [5, 5.41) is 3.03. The van der Waals surface area contributed by atoms with Crippen LogP contribution in [0.5, 0.6) is 0 Å². The fourth-order valence-electron chi connectivity index (χ4n) is 2.39. The van der Waals surface area contributed by atoms with Crippen LogP contribution < -0.4 is 5.32 Å². The summed E-state index contributed by atoms with van der Waals surface area (Å²) >= 11 is 1.93. The van der Waals surface area contributed by atoms with Crippen LogP contribution in [0.2, 0.25) is 0 Å². The number of aryl methyl sites for hydroxylation is 1. The number of rotatable bonds is 3. The first kappa shape index (κ1) is 15.2. The number of aromatic nitrogens is 1. The van der Waals surface area contributed by atoms with Crippen molar-refractivity contribution in [3.05, 3.63) is 23.4 Å². The van der Waals surface area contributed by atoms with Crippen molar-refractivity contribution in [3.63, 3.8) is 0 Å². The smallest absolute Gasteiger partial charge is 0.254 e. The Balaban J connectivity index is 2.24. The van der Waals surface area contributed by atoms with Crippen LogP contribution in [0.1, 0.15) is 36.8 Å². The van der Waals surface area contributed by atoms with E-state index in [-0.39, 0.29) is 10.7 Å². The first-order valence-electron chi connectivity index (χ1n) is 7.07. The second kappa shape index (κ2) is 6.04. The molecule has 110 valence electrons. The SMILES string of the molecule is CCc1cc(C(=O)N2CCSC(C)(C)C2)cc(NC)n1. The van der Waals surface area contributed by atoms with Gasteiger partial charge < -0.3 is 10.2 Å². The maximum Gasteiger partial charge on any atom is 0.254 e. The molecule has 0 bridgehead atoms. The molecule has 1 saturated heterocycles. The van der Waals surface area contributed by atoms with Crippen molar-refractivity contribution in [2.24, 2.45) is 0 Å². The molecule has 20 heavy (non-hydrogen) atoms. The number of thioether (sulfide) groups is 1. The van der Waals surface area contributed by atoms with Gasteiger partial charge in [-0.2, -0.15) is 11.8 Å². The zero-order valence-electron chi connectivity index (χ0n) is 12.7. The van der Waals surface area contributed by atoms with E-state index in [0.29, 0.717) is 0 Å². The van der Waals surface area contributed by atoms with Gasteiger partial charge in [0.15, 0.2) is 0 Å². The molecule has 0 unspecified atom stereocenters. The number of carbonyl (C=O) groups is 1. The van der Waals surface area contributed by atoms with E-state index in [2.05, 4.69) is 31.1 Å². The third-order valence-corrected chi connectivity index (χ3v) is 4.75. The number of pyridine rings is 1. The molecule has 1 aromatic heterocycles. The molecule has 0 aliphatic carbocycles. The summed E-state index contributed by atoms with van der Waals surface area (Å²) < 4.78 is 0.139. The van der Waals surface area contributed by atoms with Crippen LogP contribution in [0.25, 0.3) is 0 Å². The lowest BCUT2D eigenvalue weighted by Gasteiger charge is -2.37. The van der Waals surface area contributed by atoms with Crippen molar-refractivity contribution in [3.8, 4) is 0 Å². The normalized spacial score (nSPS) is 17.9.